The monoisotopic (exact) mass is 163 g/mol. The van der Waals surface area contributed by atoms with Crippen molar-refractivity contribution >= 4 is 5.82 Å². The minimum atomic E-state index is 0.820. The summed E-state index contributed by atoms with van der Waals surface area (Å²) in [5.41, 5.74) is 2.00. The maximum absolute atomic E-state index is 4.03. The molecule has 0 aliphatic carbocycles. The number of aromatic nitrogens is 2. The van der Waals surface area contributed by atoms with Gasteiger partial charge in [-0.15, -0.1) is 0 Å². The third-order valence-corrected chi connectivity index (χ3v) is 1.51. The first-order valence-electron chi connectivity index (χ1n) is 3.84. The summed E-state index contributed by atoms with van der Waals surface area (Å²) in [4.78, 5) is 0. The first-order chi connectivity index (χ1) is 5.76. The maximum atomic E-state index is 4.03. The highest BCUT2D eigenvalue weighted by atomic mass is 15.2. The number of hydrogen-bond donors (Lipinski definition) is 2. The Hall–Kier alpha value is -1.51. The van der Waals surface area contributed by atoms with E-state index < -0.39 is 0 Å². The van der Waals surface area contributed by atoms with Crippen molar-refractivity contribution in [3.05, 3.63) is 36.2 Å². The van der Waals surface area contributed by atoms with Gasteiger partial charge >= 0.3 is 0 Å². The molecule has 1 rings (SSSR count). The van der Waals surface area contributed by atoms with Crippen LogP contribution in [0.2, 0.25) is 0 Å². The van der Waals surface area contributed by atoms with Gasteiger partial charge < -0.3 is 5.32 Å². The molecule has 0 saturated heterocycles. The number of nitrogens with one attached hydrogen (secondary N) is 2. The molecule has 12 heavy (non-hydrogen) atoms. The van der Waals surface area contributed by atoms with Crippen LogP contribution >= 0.6 is 0 Å². The van der Waals surface area contributed by atoms with Crippen LogP contribution in [0.1, 0.15) is 12.6 Å². The summed E-state index contributed by atoms with van der Waals surface area (Å²) in [5.74, 6) is 0.820. The van der Waals surface area contributed by atoms with Crippen molar-refractivity contribution in [2.75, 3.05) is 5.32 Å². The zero-order valence-electron chi connectivity index (χ0n) is 7.39. The highest BCUT2D eigenvalue weighted by molar-refractivity contribution is 5.44. The van der Waals surface area contributed by atoms with Gasteiger partial charge in [0, 0.05) is 17.5 Å². The van der Waals surface area contributed by atoms with Gasteiger partial charge in [-0.3, -0.25) is 5.10 Å². The van der Waals surface area contributed by atoms with E-state index in [2.05, 4.69) is 22.1 Å². The highest BCUT2D eigenvalue weighted by Crippen LogP contribution is 2.07. The third kappa shape index (κ3) is 1.99. The maximum Gasteiger partial charge on any atom is 0.152 e. The first-order valence-corrected chi connectivity index (χ1v) is 3.84. The molecule has 1 aromatic heterocycles. The fourth-order valence-corrected chi connectivity index (χ4v) is 0.871. The Labute approximate surface area is 72.2 Å². The molecule has 0 saturated carbocycles. The quantitative estimate of drug-likeness (QED) is 0.671. The Balaban J connectivity index is 2.69. The molecule has 0 bridgehead atoms. The molecule has 1 aromatic rings. The highest BCUT2D eigenvalue weighted by Gasteiger charge is 1.96. The largest absolute Gasteiger partial charge is 0.339 e. The van der Waals surface area contributed by atoms with Crippen molar-refractivity contribution in [2.24, 2.45) is 0 Å². The van der Waals surface area contributed by atoms with E-state index in [9.17, 15) is 0 Å². The molecule has 3 nitrogen and oxygen atoms in total. The summed E-state index contributed by atoms with van der Waals surface area (Å²) in [6, 6.07) is 1.94. The Morgan fingerprint density at radius 3 is 2.92 bits per heavy atom. The summed E-state index contributed by atoms with van der Waals surface area (Å²) in [6.07, 6.45) is 3.70. The molecule has 1 heterocycles. The van der Waals surface area contributed by atoms with Crippen LogP contribution in [-0.4, -0.2) is 10.2 Å². The first kappa shape index (κ1) is 8.59. The van der Waals surface area contributed by atoms with Crippen molar-refractivity contribution in [2.45, 2.75) is 13.8 Å². The van der Waals surface area contributed by atoms with Gasteiger partial charge in [0.1, 0.15) is 0 Å². The van der Waals surface area contributed by atoms with Gasteiger partial charge in [-0.25, -0.2) is 0 Å². The molecule has 64 valence electrons. The van der Waals surface area contributed by atoms with Crippen LogP contribution in [-0.2, 0) is 0 Å². The predicted molar refractivity (Wildman–Crippen MR) is 50.9 cm³/mol. The lowest BCUT2D eigenvalue weighted by molar-refractivity contribution is 1.05. The van der Waals surface area contributed by atoms with E-state index in [1.807, 2.05) is 26.0 Å². The Morgan fingerprint density at radius 1 is 1.75 bits per heavy atom. The third-order valence-electron chi connectivity index (χ3n) is 1.51. The second-order valence-electron chi connectivity index (χ2n) is 2.51. The standard InChI is InChI=1S/C9H13N3/c1-4-8(5-2)10-9-6-7(3)11-12-9/h4-6H,1H2,2-3H3,(H2,10,11,12)/b8-5+. The minimum Gasteiger partial charge on any atom is -0.339 e. The van der Waals surface area contributed by atoms with Crippen molar-refractivity contribution in [1.29, 1.82) is 0 Å². The molecule has 3 heteroatoms. The van der Waals surface area contributed by atoms with Gasteiger partial charge in [-0.1, -0.05) is 12.7 Å². The van der Waals surface area contributed by atoms with E-state index >= 15 is 0 Å². The van der Waals surface area contributed by atoms with Crippen molar-refractivity contribution in [3.63, 3.8) is 0 Å². The van der Waals surface area contributed by atoms with Crippen molar-refractivity contribution < 1.29 is 0 Å². The molecular formula is C9H13N3. The number of allylic oxidation sites excluding steroid dienone is 2. The smallest absolute Gasteiger partial charge is 0.152 e. The SMILES string of the molecule is C=C/C(=C\C)Nc1cc(C)[nH]n1. The molecule has 0 unspecified atom stereocenters. The van der Waals surface area contributed by atoms with Crippen LogP contribution in [0.15, 0.2) is 30.5 Å². The molecule has 2 N–H and O–H groups in total. The van der Waals surface area contributed by atoms with Gasteiger partial charge in [-0.2, -0.15) is 5.10 Å². The topological polar surface area (TPSA) is 40.7 Å². The van der Waals surface area contributed by atoms with Crippen molar-refractivity contribution in [3.8, 4) is 0 Å². The number of rotatable bonds is 3. The summed E-state index contributed by atoms with van der Waals surface area (Å²) in [6.45, 7) is 7.57. The Morgan fingerprint density at radius 2 is 2.50 bits per heavy atom. The molecule has 0 fully saturated rings. The van der Waals surface area contributed by atoms with Gasteiger partial charge in [0.2, 0.25) is 0 Å². The number of H-pyrrole nitrogens is 1. The van der Waals surface area contributed by atoms with Crippen LogP contribution in [0.3, 0.4) is 0 Å². The molecular weight excluding hydrogens is 150 g/mol. The second-order valence-corrected chi connectivity index (χ2v) is 2.51. The van der Waals surface area contributed by atoms with Crippen LogP contribution in [0, 0.1) is 6.92 Å². The van der Waals surface area contributed by atoms with E-state index in [0.29, 0.717) is 0 Å². The van der Waals surface area contributed by atoms with Crippen LogP contribution < -0.4 is 5.32 Å². The molecule has 0 radical (unpaired) electrons. The number of hydrogen-bond acceptors (Lipinski definition) is 2. The summed E-state index contributed by atoms with van der Waals surface area (Å²) >= 11 is 0. The zero-order valence-corrected chi connectivity index (χ0v) is 7.39. The van der Waals surface area contributed by atoms with E-state index in [1.54, 1.807) is 6.08 Å². The lowest BCUT2D eigenvalue weighted by Crippen LogP contribution is -1.95. The van der Waals surface area contributed by atoms with E-state index in [-0.39, 0.29) is 0 Å². The fraction of sp³-hybridized carbons (Fsp3) is 0.222. The molecule has 0 aliphatic rings. The number of aromatic amines is 1. The van der Waals surface area contributed by atoms with Crippen molar-refractivity contribution in [1.82, 2.24) is 10.2 Å². The zero-order chi connectivity index (χ0) is 8.97. The average Bonchev–Trinajstić information content (AvgIpc) is 2.47. The molecule has 0 amide bonds. The van der Waals surface area contributed by atoms with E-state index in [0.717, 1.165) is 17.2 Å². The molecule has 0 aromatic carbocycles. The number of nitrogens with zero attached hydrogens (tertiary/aromatic N) is 1. The molecule has 0 aliphatic heterocycles. The predicted octanol–water partition coefficient (Wildman–Crippen LogP) is 2.22. The molecule has 0 atom stereocenters. The lowest BCUT2D eigenvalue weighted by Gasteiger charge is -2.00. The van der Waals surface area contributed by atoms with E-state index in [4.69, 9.17) is 0 Å². The normalized spacial score (nSPS) is 11.3. The Bertz CT molecular complexity index is 296. The minimum absolute atomic E-state index is 0.820. The summed E-state index contributed by atoms with van der Waals surface area (Å²) < 4.78 is 0. The lowest BCUT2D eigenvalue weighted by atomic mass is 10.4. The van der Waals surface area contributed by atoms with Gasteiger partial charge in [0.05, 0.1) is 0 Å². The van der Waals surface area contributed by atoms with Gasteiger partial charge in [0.15, 0.2) is 5.82 Å². The van der Waals surface area contributed by atoms with E-state index in [1.165, 1.54) is 0 Å². The summed E-state index contributed by atoms with van der Waals surface area (Å²) in [7, 11) is 0. The van der Waals surface area contributed by atoms with Crippen LogP contribution in [0.25, 0.3) is 0 Å². The second kappa shape index (κ2) is 3.76. The van der Waals surface area contributed by atoms with Crippen LogP contribution in [0.5, 0.6) is 0 Å². The molecule has 0 spiro atoms. The van der Waals surface area contributed by atoms with Crippen LogP contribution in [0.4, 0.5) is 5.82 Å². The average molecular weight is 163 g/mol. The summed E-state index contributed by atoms with van der Waals surface area (Å²) in [5, 5.41) is 9.97. The number of aryl methyl sites for hydroxylation is 1. The number of anilines is 1. The van der Waals surface area contributed by atoms with Gasteiger partial charge in [0.25, 0.3) is 0 Å². The van der Waals surface area contributed by atoms with Gasteiger partial charge in [-0.05, 0) is 19.9 Å². The fourth-order valence-electron chi connectivity index (χ4n) is 0.871. The Kier molecular flexibility index (Phi) is 2.69.